The minimum absolute atomic E-state index is 0.0160. The molecule has 0 unspecified atom stereocenters. The van der Waals surface area contributed by atoms with E-state index >= 15 is 0 Å². The molecule has 0 fully saturated rings. The van der Waals surface area contributed by atoms with E-state index in [-0.39, 0.29) is 5.69 Å². The molecule has 3 rings (SSSR count). The van der Waals surface area contributed by atoms with Crippen molar-refractivity contribution in [2.45, 2.75) is 0 Å². The van der Waals surface area contributed by atoms with Crippen LogP contribution in [0.1, 0.15) is 10.5 Å². The van der Waals surface area contributed by atoms with Crippen LogP contribution in [0.2, 0.25) is 0 Å². The number of hydrogen-bond acceptors (Lipinski definition) is 4. The third-order valence-electron chi connectivity index (χ3n) is 2.38. The molecule has 0 aliphatic rings. The van der Waals surface area contributed by atoms with Crippen LogP contribution < -0.4 is 0 Å². The van der Waals surface area contributed by atoms with E-state index < -0.39 is 5.97 Å². The van der Waals surface area contributed by atoms with Gasteiger partial charge in [-0.25, -0.2) is 9.78 Å². The summed E-state index contributed by atoms with van der Waals surface area (Å²) in [6.07, 6.45) is 4.88. The highest BCUT2D eigenvalue weighted by atomic mass is 16.4. The SMILES string of the molecule is O=C(O)c1cn2cc(-c3c[nH]nn3)ccc2n1. The standard InChI is InChI=1S/C10H7N5O2/c16-10(17)8-5-15-4-6(1-2-9(15)12-8)7-3-11-14-13-7/h1-5H,(H,16,17)(H,11,13,14). The predicted molar refractivity (Wildman–Crippen MR) is 57.5 cm³/mol. The van der Waals surface area contributed by atoms with Crippen molar-refractivity contribution in [1.82, 2.24) is 24.8 Å². The van der Waals surface area contributed by atoms with Gasteiger partial charge in [0, 0.05) is 18.0 Å². The minimum atomic E-state index is -1.04. The summed E-state index contributed by atoms with van der Waals surface area (Å²) in [5.74, 6) is -1.04. The van der Waals surface area contributed by atoms with Crippen molar-refractivity contribution in [3.8, 4) is 11.3 Å². The summed E-state index contributed by atoms with van der Waals surface area (Å²) >= 11 is 0. The van der Waals surface area contributed by atoms with Crippen molar-refractivity contribution in [3.05, 3.63) is 36.4 Å². The van der Waals surface area contributed by atoms with Crippen molar-refractivity contribution in [1.29, 1.82) is 0 Å². The van der Waals surface area contributed by atoms with Crippen LogP contribution in [0.3, 0.4) is 0 Å². The number of aromatic amines is 1. The first kappa shape index (κ1) is 9.52. The highest BCUT2D eigenvalue weighted by Gasteiger charge is 2.09. The maximum Gasteiger partial charge on any atom is 0.356 e. The number of carboxylic acids is 1. The molecule has 0 bridgehead atoms. The Labute approximate surface area is 94.7 Å². The van der Waals surface area contributed by atoms with E-state index in [1.54, 1.807) is 22.9 Å². The van der Waals surface area contributed by atoms with Gasteiger partial charge in [-0.05, 0) is 12.1 Å². The summed E-state index contributed by atoms with van der Waals surface area (Å²) in [5, 5.41) is 19.0. The van der Waals surface area contributed by atoms with Crippen LogP contribution in [0.4, 0.5) is 0 Å². The van der Waals surface area contributed by atoms with E-state index in [1.165, 1.54) is 6.20 Å². The Kier molecular flexibility index (Phi) is 1.91. The smallest absolute Gasteiger partial charge is 0.356 e. The third-order valence-corrected chi connectivity index (χ3v) is 2.38. The number of hydrogen-bond donors (Lipinski definition) is 2. The Bertz CT molecular complexity index is 686. The molecule has 0 spiro atoms. The van der Waals surface area contributed by atoms with E-state index in [0.29, 0.717) is 11.3 Å². The van der Waals surface area contributed by atoms with Crippen LogP contribution in [0, 0.1) is 0 Å². The first-order chi connectivity index (χ1) is 8.24. The molecule has 3 heterocycles. The van der Waals surface area contributed by atoms with E-state index in [9.17, 15) is 4.79 Å². The van der Waals surface area contributed by atoms with Crippen molar-refractivity contribution in [2.75, 3.05) is 0 Å². The second kappa shape index (κ2) is 3.41. The maximum atomic E-state index is 10.8. The van der Waals surface area contributed by atoms with Crippen LogP contribution in [0.25, 0.3) is 16.9 Å². The van der Waals surface area contributed by atoms with Gasteiger partial charge in [-0.3, -0.25) is 5.10 Å². The number of imidazole rings is 1. The number of carboxylic acid groups (broad SMARTS) is 1. The number of rotatable bonds is 2. The summed E-state index contributed by atoms with van der Waals surface area (Å²) in [5.41, 5.74) is 2.12. The Hall–Kier alpha value is -2.70. The lowest BCUT2D eigenvalue weighted by Gasteiger charge is -1.96. The van der Waals surface area contributed by atoms with E-state index in [2.05, 4.69) is 20.4 Å². The van der Waals surface area contributed by atoms with Crippen LogP contribution in [-0.2, 0) is 0 Å². The molecule has 7 heteroatoms. The Morgan fingerprint density at radius 3 is 2.94 bits per heavy atom. The molecule has 0 aromatic carbocycles. The zero-order valence-electron chi connectivity index (χ0n) is 8.53. The molecule has 0 saturated carbocycles. The molecule has 0 saturated heterocycles. The number of fused-ring (bicyclic) bond motifs is 1. The second-order valence-electron chi connectivity index (χ2n) is 3.47. The molecule has 0 atom stereocenters. The van der Waals surface area contributed by atoms with Crippen molar-refractivity contribution < 1.29 is 9.90 Å². The molecule has 2 N–H and O–H groups in total. The number of pyridine rings is 1. The van der Waals surface area contributed by atoms with Crippen molar-refractivity contribution >= 4 is 11.6 Å². The van der Waals surface area contributed by atoms with Gasteiger partial charge >= 0.3 is 5.97 Å². The van der Waals surface area contributed by atoms with Gasteiger partial charge in [-0.15, -0.1) is 5.10 Å². The molecule has 3 aromatic rings. The molecular weight excluding hydrogens is 222 g/mol. The van der Waals surface area contributed by atoms with E-state index in [1.807, 2.05) is 6.07 Å². The predicted octanol–water partition coefficient (Wildman–Crippen LogP) is 0.818. The lowest BCUT2D eigenvalue weighted by atomic mass is 10.2. The largest absolute Gasteiger partial charge is 0.476 e. The molecule has 7 nitrogen and oxygen atoms in total. The summed E-state index contributed by atoms with van der Waals surface area (Å²) in [6.45, 7) is 0. The zero-order valence-corrected chi connectivity index (χ0v) is 8.53. The Morgan fingerprint density at radius 1 is 1.35 bits per heavy atom. The normalized spacial score (nSPS) is 10.8. The zero-order chi connectivity index (χ0) is 11.8. The van der Waals surface area contributed by atoms with Gasteiger partial charge in [0.2, 0.25) is 0 Å². The molecule has 0 radical (unpaired) electrons. The number of nitrogens with zero attached hydrogens (tertiary/aromatic N) is 4. The Balaban J connectivity index is 2.16. The molecule has 17 heavy (non-hydrogen) atoms. The van der Waals surface area contributed by atoms with Gasteiger partial charge < -0.3 is 9.51 Å². The lowest BCUT2D eigenvalue weighted by Crippen LogP contribution is -1.94. The van der Waals surface area contributed by atoms with Gasteiger partial charge in [0.05, 0.1) is 6.20 Å². The van der Waals surface area contributed by atoms with E-state index in [0.717, 1.165) is 5.56 Å². The fourth-order valence-electron chi connectivity index (χ4n) is 1.59. The molecule has 84 valence electrons. The second-order valence-corrected chi connectivity index (χ2v) is 3.47. The first-order valence-electron chi connectivity index (χ1n) is 4.83. The van der Waals surface area contributed by atoms with Gasteiger partial charge in [0.1, 0.15) is 11.3 Å². The van der Waals surface area contributed by atoms with Crippen LogP contribution >= 0.6 is 0 Å². The third kappa shape index (κ3) is 1.53. The van der Waals surface area contributed by atoms with Crippen molar-refractivity contribution in [2.24, 2.45) is 0 Å². The van der Waals surface area contributed by atoms with Gasteiger partial charge in [-0.2, -0.15) is 0 Å². The maximum absolute atomic E-state index is 10.8. The van der Waals surface area contributed by atoms with Crippen LogP contribution in [0.5, 0.6) is 0 Å². The van der Waals surface area contributed by atoms with Crippen LogP contribution in [0.15, 0.2) is 30.7 Å². The average Bonchev–Trinajstić information content (AvgIpc) is 2.97. The number of aromatic nitrogens is 5. The summed E-state index contributed by atoms with van der Waals surface area (Å²) in [7, 11) is 0. The fraction of sp³-hybridized carbons (Fsp3) is 0. The average molecular weight is 229 g/mol. The summed E-state index contributed by atoms with van der Waals surface area (Å²) in [6, 6.07) is 3.54. The quantitative estimate of drug-likeness (QED) is 0.678. The number of carbonyl (C=O) groups is 1. The highest BCUT2D eigenvalue weighted by molar-refractivity contribution is 5.86. The molecule has 3 aromatic heterocycles. The topological polar surface area (TPSA) is 96.2 Å². The summed E-state index contributed by atoms with van der Waals surface area (Å²) in [4.78, 5) is 14.7. The lowest BCUT2D eigenvalue weighted by molar-refractivity contribution is 0.0691. The monoisotopic (exact) mass is 229 g/mol. The van der Waals surface area contributed by atoms with E-state index in [4.69, 9.17) is 5.11 Å². The number of H-pyrrole nitrogens is 1. The summed E-state index contributed by atoms with van der Waals surface area (Å²) < 4.78 is 1.65. The molecular formula is C10H7N5O2. The fourth-order valence-corrected chi connectivity index (χ4v) is 1.59. The van der Waals surface area contributed by atoms with Gasteiger partial charge in [-0.1, -0.05) is 5.21 Å². The van der Waals surface area contributed by atoms with Gasteiger partial charge in [0.25, 0.3) is 0 Å². The van der Waals surface area contributed by atoms with Crippen molar-refractivity contribution in [3.63, 3.8) is 0 Å². The van der Waals surface area contributed by atoms with Crippen LogP contribution in [-0.4, -0.2) is 35.9 Å². The molecule has 0 aliphatic heterocycles. The Morgan fingerprint density at radius 2 is 2.24 bits per heavy atom. The minimum Gasteiger partial charge on any atom is -0.476 e. The molecule has 0 aliphatic carbocycles. The number of aromatic carboxylic acids is 1. The van der Waals surface area contributed by atoms with Gasteiger partial charge in [0.15, 0.2) is 5.69 Å². The number of nitrogens with one attached hydrogen (secondary N) is 1. The highest BCUT2D eigenvalue weighted by Crippen LogP contribution is 2.16. The first-order valence-corrected chi connectivity index (χ1v) is 4.83. The molecule has 0 amide bonds.